The molecule has 1 aliphatic carbocycles. The van der Waals surface area contributed by atoms with Crippen molar-refractivity contribution >= 4 is 0 Å². The van der Waals surface area contributed by atoms with Crippen molar-refractivity contribution in [3.05, 3.63) is 29.8 Å². The molecule has 3 nitrogen and oxygen atoms in total. The Morgan fingerprint density at radius 2 is 2.00 bits per heavy atom. The van der Waals surface area contributed by atoms with Crippen LogP contribution in [-0.2, 0) is 4.74 Å². The van der Waals surface area contributed by atoms with Gasteiger partial charge < -0.3 is 14.8 Å². The predicted octanol–water partition coefficient (Wildman–Crippen LogP) is 3.16. The van der Waals surface area contributed by atoms with E-state index < -0.39 is 0 Å². The average molecular weight is 263 g/mol. The number of rotatable bonds is 8. The minimum absolute atomic E-state index is 0.257. The summed E-state index contributed by atoms with van der Waals surface area (Å²) in [6.45, 7) is 1.62. The third kappa shape index (κ3) is 4.22. The lowest BCUT2D eigenvalue weighted by Crippen LogP contribution is -2.23. The smallest absolute Gasteiger partial charge is 0.118 e. The van der Waals surface area contributed by atoms with Gasteiger partial charge in [-0.15, -0.1) is 0 Å². The van der Waals surface area contributed by atoms with Crippen LogP contribution in [0.25, 0.3) is 0 Å². The molecule has 1 saturated carbocycles. The maximum absolute atomic E-state index is 5.81. The van der Waals surface area contributed by atoms with E-state index in [1.807, 2.05) is 19.2 Å². The first-order valence-electron chi connectivity index (χ1n) is 7.22. The van der Waals surface area contributed by atoms with E-state index in [0.717, 1.165) is 24.9 Å². The molecule has 0 heterocycles. The van der Waals surface area contributed by atoms with Crippen LogP contribution in [0.3, 0.4) is 0 Å². The highest BCUT2D eigenvalue weighted by molar-refractivity contribution is 5.29. The summed E-state index contributed by atoms with van der Waals surface area (Å²) in [4.78, 5) is 0. The van der Waals surface area contributed by atoms with E-state index in [-0.39, 0.29) is 6.04 Å². The second-order valence-electron chi connectivity index (χ2n) is 5.27. The first-order valence-corrected chi connectivity index (χ1v) is 7.22. The zero-order valence-corrected chi connectivity index (χ0v) is 12.0. The zero-order chi connectivity index (χ0) is 13.5. The molecule has 1 atom stereocenters. The molecule has 0 aromatic heterocycles. The first kappa shape index (κ1) is 14.4. The van der Waals surface area contributed by atoms with Crippen LogP contribution in [0.5, 0.6) is 5.75 Å². The monoisotopic (exact) mass is 263 g/mol. The van der Waals surface area contributed by atoms with Gasteiger partial charge in [-0.2, -0.15) is 0 Å². The highest BCUT2D eigenvalue weighted by Gasteiger charge is 2.17. The van der Waals surface area contributed by atoms with Gasteiger partial charge >= 0.3 is 0 Å². The lowest BCUT2D eigenvalue weighted by molar-refractivity contribution is 0.0904. The molecule has 1 aliphatic rings. The number of nitrogens with one attached hydrogen (secondary N) is 1. The Labute approximate surface area is 116 Å². The van der Waals surface area contributed by atoms with E-state index in [1.54, 1.807) is 7.11 Å². The van der Waals surface area contributed by atoms with Gasteiger partial charge in [0.2, 0.25) is 0 Å². The van der Waals surface area contributed by atoms with Crippen molar-refractivity contribution in [1.29, 1.82) is 0 Å². The second-order valence-corrected chi connectivity index (χ2v) is 5.27. The summed E-state index contributed by atoms with van der Waals surface area (Å²) in [5.41, 5.74) is 1.24. The molecular weight excluding hydrogens is 238 g/mol. The standard InChI is InChI=1S/C16H25NO2/c1-17-16(12-19-11-10-13-4-3-5-13)14-6-8-15(18-2)9-7-14/h6-9,13,16-17H,3-5,10-12H2,1-2H3. The number of hydrogen-bond acceptors (Lipinski definition) is 3. The third-order valence-corrected chi connectivity index (χ3v) is 4.05. The Bertz CT molecular complexity index is 360. The maximum atomic E-state index is 5.81. The molecule has 0 saturated heterocycles. The Balaban J connectivity index is 1.74. The number of hydrogen-bond donors (Lipinski definition) is 1. The van der Waals surface area contributed by atoms with Gasteiger partial charge in [-0.05, 0) is 37.1 Å². The minimum atomic E-state index is 0.257. The fourth-order valence-electron chi connectivity index (χ4n) is 2.42. The molecule has 19 heavy (non-hydrogen) atoms. The minimum Gasteiger partial charge on any atom is -0.497 e. The van der Waals surface area contributed by atoms with Crippen molar-refractivity contribution in [3.8, 4) is 5.75 Å². The van der Waals surface area contributed by atoms with Gasteiger partial charge in [0.25, 0.3) is 0 Å². The fraction of sp³-hybridized carbons (Fsp3) is 0.625. The van der Waals surface area contributed by atoms with Crippen LogP contribution >= 0.6 is 0 Å². The van der Waals surface area contributed by atoms with Crippen LogP contribution in [-0.4, -0.2) is 27.4 Å². The van der Waals surface area contributed by atoms with Gasteiger partial charge in [-0.25, -0.2) is 0 Å². The molecule has 106 valence electrons. The van der Waals surface area contributed by atoms with E-state index in [9.17, 15) is 0 Å². The molecule has 1 aromatic carbocycles. The molecule has 0 spiro atoms. The Morgan fingerprint density at radius 1 is 1.26 bits per heavy atom. The molecule has 1 aromatic rings. The van der Waals surface area contributed by atoms with Crippen molar-refractivity contribution < 1.29 is 9.47 Å². The summed E-state index contributed by atoms with van der Waals surface area (Å²) >= 11 is 0. The van der Waals surface area contributed by atoms with Crippen LogP contribution in [0.4, 0.5) is 0 Å². The van der Waals surface area contributed by atoms with Crippen LogP contribution < -0.4 is 10.1 Å². The van der Waals surface area contributed by atoms with Crippen LogP contribution in [0, 0.1) is 5.92 Å². The normalized spacial score (nSPS) is 16.9. The molecule has 0 amide bonds. The summed E-state index contributed by atoms with van der Waals surface area (Å²) in [5, 5.41) is 3.31. The molecule has 3 heteroatoms. The molecule has 0 radical (unpaired) electrons. The summed E-state index contributed by atoms with van der Waals surface area (Å²) in [6.07, 6.45) is 5.43. The average Bonchev–Trinajstić information content (AvgIpc) is 2.41. The van der Waals surface area contributed by atoms with Gasteiger partial charge in [0.05, 0.1) is 19.8 Å². The van der Waals surface area contributed by atoms with Crippen LogP contribution in [0.1, 0.15) is 37.3 Å². The van der Waals surface area contributed by atoms with Gasteiger partial charge in [-0.1, -0.05) is 31.4 Å². The zero-order valence-electron chi connectivity index (χ0n) is 12.0. The largest absolute Gasteiger partial charge is 0.497 e. The van der Waals surface area contributed by atoms with E-state index >= 15 is 0 Å². The van der Waals surface area contributed by atoms with Crippen LogP contribution in [0.2, 0.25) is 0 Å². The maximum Gasteiger partial charge on any atom is 0.118 e. The lowest BCUT2D eigenvalue weighted by atomic mass is 9.83. The topological polar surface area (TPSA) is 30.5 Å². The SMILES string of the molecule is CNC(COCCC1CCC1)c1ccc(OC)cc1. The molecule has 1 unspecified atom stereocenters. The van der Waals surface area contributed by atoms with Gasteiger partial charge in [-0.3, -0.25) is 0 Å². The number of methoxy groups -OCH3 is 1. The van der Waals surface area contributed by atoms with Crippen molar-refractivity contribution in [1.82, 2.24) is 5.32 Å². The first-order chi connectivity index (χ1) is 9.33. The molecule has 1 N–H and O–H groups in total. The second kappa shape index (κ2) is 7.51. The summed E-state index contributed by atoms with van der Waals surface area (Å²) in [7, 11) is 3.66. The van der Waals surface area contributed by atoms with Gasteiger partial charge in [0.1, 0.15) is 5.75 Å². The van der Waals surface area contributed by atoms with E-state index in [2.05, 4.69) is 17.4 Å². The Hall–Kier alpha value is -1.06. The molecule has 2 rings (SSSR count). The van der Waals surface area contributed by atoms with Crippen molar-refractivity contribution in [3.63, 3.8) is 0 Å². The third-order valence-electron chi connectivity index (χ3n) is 4.05. The summed E-state index contributed by atoms with van der Waals surface area (Å²) in [5.74, 6) is 1.82. The summed E-state index contributed by atoms with van der Waals surface area (Å²) in [6, 6.07) is 8.43. The fourth-order valence-corrected chi connectivity index (χ4v) is 2.42. The van der Waals surface area contributed by atoms with Gasteiger partial charge in [0.15, 0.2) is 0 Å². The molecule has 0 bridgehead atoms. The number of likely N-dealkylation sites (N-methyl/N-ethyl adjacent to an activating group) is 1. The van der Waals surface area contributed by atoms with Crippen molar-refractivity contribution in [2.75, 3.05) is 27.4 Å². The van der Waals surface area contributed by atoms with Crippen molar-refractivity contribution in [2.45, 2.75) is 31.7 Å². The van der Waals surface area contributed by atoms with E-state index in [4.69, 9.17) is 9.47 Å². The summed E-state index contributed by atoms with van der Waals surface area (Å²) < 4.78 is 11.0. The Kier molecular flexibility index (Phi) is 5.67. The molecule has 0 aliphatic heterocycles. The highest BCUT2D eigenvalue weighted by atomic mass is 16.5. The Morgan fingerprint density at radius 3 is 2.53 bits per heavy atom. The van der Waals surface area contributed by atoms with Gasteiger partial charge in [0, 0.05) is 6.61 Å². The van der Waals surface area contributed by atoms with Crippen molar-refractivity contribution in [2.24, 2.45) is 5.92 Å². The molecule has 1 fully saturated rings. The van der Waals surface area contributed by atoms with E-state index in [1.165, 1.54) is 31.2 Å². The highest BCUT2D eigenvalue weighted by Crippen LogP contribution is 2.29. The molecular formula is C16H25NO2. The number of ether oxygens (including phenoxy) is 2. The predicted molar refractivity (Wildman–Crippen MR) is 77.6 cm³/mol. The lowest BCUT2D eigenvalue weighted by Gasteiger charge is -2.25. The van der Waals surface area contributed by atoms with Crippen LogP contribution in [0.15, 0.2) is 24.3 Å². The quantitative estimate of drug-likeness (QED) is 0.731. The van der Waals surface area contributed by atoms with E-state index in [0.29, 0.717) is 0 Å². The number of benzene rings is 1.